The summed E-state index contributed by atoms with van der Waals surface area (Å²) in [6.45, 7) is 6.69. The molecule has 0 heterocycles. The molecule has 2 unspecified atom stereocenters. The Morgan fingerprint density at radius 2 is 1.64 bits per heavy atom. The van der Waals surface area contributed by atoms with E-state index in [2.05, 4.69) is 13.8 Å². The second kappa shape index (κ2) is 12.5. The molecular formula is C21H32O4. The van der Waals surface area contributed by atoms with Crippen LogP contribution in [0.25, 0.3) is 0 Å². The Morgan fingerprint density at radius 1 is 0.960 bits per heavy atom. The molecule has 4 heteroatoms. The van der Waals surface area contributed by atoms with E-state index >= 15 is 0 Å². The molecule has 0 aliphatic heterocycles. The number of benzene rings is 1. The highest BCUT2D eigenvalue weighted by Crippen LogP contribution is 2.21. The van der Waals surface area contributed by atoms with Crippen molar-refractivity contribution in [2.75, 3.05) is 6.61 Å². The summed E-state index contributed by atoms with van der Waals surface area (Å²) in [6.07, 6.45) is 4.97. The Morgan fingerprint density at radius 3 is 2.24 bits per heavy atom. The van der Waals surface area contributed by atoms with Gasteiger partial charge in [-0.1, -0.05) is 70.4 Å². The van der Waals surface area contributed by atoms with Gasteiger partial charge in [-0.25, -0.2) is 0 Å². The molecule has 4 nitrogen and oxygen atoms in total. The van der Waals surface area contributed by atoms with Crippen molar-refractivity contribution in [3.63, 3.8) is 0 Å². The van der Waals surface area contributed by atoms with Gasteiger partial charge in [0.05, 0.1) is 19.4 Å². The van der Waals surface area contributed by atoms with Crippen LogP contribution in [0.3, 0.4) is 0 Å². The number of hydrogen-bond acceptors (Lipinski definition) is 4. The SMILES string of the molecule is CCCCC(CC)COC(=O)CCC(=O)OC(CC)c1ccccc1. The lowest BCUT2D eigenvalue weighted by molar-refractivity contribution is -0.154. The molecule has 0 aliphatic rings. The van der Waals surface area contributed by atoms with Crippen molar-refractivity contribution in [2.45, 2.75) is 71.8 Å². The largest absolute Gasteiger partial charge is 0.465 e. The molecule has 1 rings (SSSR count). The molecule has 1 aromatic carbocycles. The average molecular weight is 348 g/mol. The van der Waals surface area contributed by atoms with Gasteiger partial charge in [0.15, 0.2) is 0 Å². The molecule has 0 bridgehead atoms. The fourth-order valence-electron chi connectivity index (χ4n) is 2.66. The third-order valence-electron chi connectivity index (χ3n) is 4.37. The fraction of sp³-hybridized carbons (Fsp3) is 0.619. The van der Waals surface area contributed by atoms with Gasteiger partial charge in [0.2, 0.25) is 0 Å². The van der Waals surface area contributed by atoms with Gasteiger partial charge in [-0.05, 0) is 24.3 Å². The Kier molecular flexibility index (Phi) is 10.6. The molecule has 1 aromatic rings. The van der Waals surface area contributed by atoms with Crippen molar-refractivity contribution in [1.82, 2.24) is 0 Å². The summed E-state index contributed by atoms with van der Waals surface area (Å²) in [5.74, 6) is -0.260. The quantitative estimate of drug-likeness (QED) is 0.486. The van der Waals surface area contributed by atoms with Crippen LogP contribution in [0.5, 0.6) is 0 Å². The predicted octanol–water partition coefficient (Wildman–Crippen LogP) is 5.22. The molecule has 0 spiro atoms. The monoisotopic (exact) mass is 348 g/mol. The van der Waals surface area contributed by atoms with Crippen LogP contribution >= 0.6 is 0 Å². The van der Waals surface area contributed by atoms with Crippen LogP contribution in [0.4, 0.5) is 0 Å². The Hall–Kier alpha value is -1.84. The Balaban J connectivity index is 2.31. The van der Waals surface area contributed by atoms with E-state index < -0.39 is 0 Å². The number of unbranched alkanes of at least 4 members (excludes halogenated alkanes) is 1. The van der Waals surface area contributed by atoms with Crippen LogP contribution in [0.1, 0.15) is 77.4 Å². The summed E-state index contributed by atoms with van der Waals surface area (Å²) in [5.41, 5.74) is 0.975. The van der Waals surface area contributed by atoms with Gasteiger partial charge < -0.3 is 9.47 Å². The van der Waals surface area contributed by atoms with Gasteiger partial charge in [0, 0.05) is 0 Å². The molecule has 0 aromatic heterocycles. The second-order valence-electron chi connectivity index (χ2n) is 6.40. The summed E-state index contributed by atoms with van der Waals surface area (Å²) in [4.78, 5) is 23.8. The first-order valence-corrected chi connectivity index (χ1v) is 9.50. The molecule has 0 amide bonds. The number of rotatable bonds is 12. The lowest BCUT2D eigenvalue weighted by atomic mass is 10.0. The zero-order chi connectivity index (χ0) is 18.5. The Labute approximate surface area is 151 Å². The molecule has 140 valence electrons. The molecule has 0 N–H and O–H groups in total. The van der Waals surface area contributed by atoms with Crippen molar-refractivity contribution in [1.29, 1.82) is 0 Å². The summed E-state index contributed by atoms with van der Waals surface area (Å²) in [7, 11) is 0. The van der Waals surface area contributed by atoms with Crippen LogP contribution in [0.15, 0.2) is 30.3 Å². The molecule has 0 radical (unpaired) electrons. The number of carbonyl (C=O) groups excluding carboxylic acids is 2. The highest BCUT2D eigenvalue weighted by molar-refractivity contribution is 5.77. The van der Waals surface area contributed by atoms with Crippen LogP contribution in [0.2, 0.25) is 0 Å². The highest BCUT2D eigenvalue weighted by Gasteiger charge is 2.17. The van der Waals surface area contributed by atoms with E-state index in [1.807, 2.05) is 37.3 Å². The normalized spacial score (nSPS) is 13.1. The van der Waals surface area contributed by atoms with Crippen molar-refractivity contribution >= 4 is 11.9 Å². The summed E-state index contributed by atoms with van der Waals surface area (Å²) in [6, 6.07) is 9.66. The van der Waals surface area contributed by atoms with Crippen molar-refractivity contribution in [3.05, 3.63) is 35.9 Å². The molecule has 0 fully saturated rings. The van der Waals surface area contributed by atoms with E-state index in [4.69, 9.17) is 9.47 Å². The zero-order valence-corrected chi connectivity index (χ0v) is 15.8. The van der Waals surface area contributed by atoms with Crippen molar-refractivity contribution in [3.8, 4) is 0 Å². The average Bonchev–Trinajstić information content (AvgIpc) is 2.65. The minimum Gasteiger partial charge on any atom is -0.465 e. The maximum Gasteiger partial charge on any atom is 0.306 e. The highest BCUT2D eigenvalue weighted by atomic mass is 16.5. The maximum absolute atomic E-state index is 12.0. The molecule has 0 aliphatic carbocycles. The van der Waals surface area contributed by atoms with Crippen molar-refractivity contribution in [2.24, 2.45) is 5.92 Å². The summed E-state index contributed by atoms with van der Waals surface area (Å²) < 4.78 is 10.8. The lowest BCUT2D eigenvalue weighted by Crippen LogP contribution is -2.16. The molecule has 25 heavy (non-hydrogen) atoms. The topological polar surface area (TPSA) is 52.6 Å². The van der Waals surface area contributed by atoms with Crippen LogP contribution in [-0.2, 0) is 19.1 Å². The first kappa shape index (κ1) is 21.2. The van der Waals surface area contributed by atoms with Gasteiger partial charge in [-0.2, -0.15) is 0 Å². The van der Waals surface area contributed by atoms with Gasteiger partial charge in [-0.3, -0.25) is 9.59 Å². The molecule has 0 saturated heterocycles. The molecule has 0 saturated carbocycles. The first-order chi connectivity index (χ1) is 12.1. The van der Waals surface area contributed by atoms with Gasteiger partial charge in [0.25, 0.3) is 0 Å². The number of ether oxygens (including phenoxy) is 2. The summed E-state index contributed by atoms with van der Waals surface area (Å²) in [5, 5.41) is 0. The van der Waals surface area contributed by atoms with Gasteiger partial charge in [-0.15, -0.1) is 0 Å². The van der Waals surface area contributed by atoms with Crippen LogP contribution < -0.4 is 0 Å². The third kappa shape index (κ3) is 8.71. The third-order valence-corrected chi connectivity index (χ3v) is 4.37. The van der Waals surface area contributed by atoms with E-state index in [-0.39, 0.29) is 30.9 Å². The standard InChI is InChI=1S/C21H32O4/c1-4-7-11-17(5-2)16-24-20(22)14-15-21(23)25-19(6-3)18-12-9-8-10-13-18/h8-10,12-13,17,19H,4-7,11,14-16H2,1-3H3. The van der Waals surface area contributed by atoms with Gasteiger partial charge >= 0.3 is 11.9 Å². The first-order valence-electron chi connectivity index (χ1n) is 9.50. The molecule has 2 atom stereocenters. The maximum atomic E-state index is 12.0. The van der Waals surface area contributed by atoms with E-state index in [1.165, 1.54) is 0 Å². The lowest BCUT2D eigenvalue weighted by Gasteiger charge is -2.17. The minimum atomic E-state index is -0.356. The van der Waals surface area contributed by atoms with Crippen molar-refractivity contribution < 1.29 is 19.1 Å². The predicted molar refractivity (Wildman–Crippen MR) is 99.1 cm³/mol. The van der Waals surface area contributed by atoms with E-state index in [9.17, 15) is 9.59 Å². The van der Waals surface area contributed by atoms with Crippen LogP contribution in [-0.4, -0.2) is 18.5 Å². The zero-order valence-electron chi connectivity index (χ0n) is 15.8. The second-order valence-corrected chi connectivity index (χ2v) is 6.40. The van der Waals surface area contributed by atoms with Gasteiger partial charge in [0.1, 0.15) is 6.10 Å². The van der Waals surface area contributed by atoms with E-state index in [0.29, 0.717) is 18.9 Å². The van der Waals surface area contributed by atoms with Crippen LogP contribution in [0, 0.1) is 5.92 Å². The Bertz CT molecular complexity index is 498. The smallest absolute Gasteiger partial charge is 0.306 e. The summed E-state index contributed by atoms with van der Waals surface area (Å²) >= 11 is 0. The van der Waals surface area contributed by atoms with E-state index in [0.717, 1.165) is 31.2 Å². The number of hydrogen-bond donors (Lipinski definition) is 0. The molecular weight excluding hydrogens is 316 g/mol. The number of esters is 2. The number of carbonyl (C=O) groups is 2. The van der Waals surface area contributed by atoms with E-state index in [1.54, 1.807) is 0 Å². The minimum absolute atomic E-state index is 0.0634. The fourth-order valence-corrected chi connectivity index (χ4v) is 2.66.